The highest BCUT2D eigenvalue weighted by atomic mass is 16.5. The van der Waals surface area contributed by atoms with Gasteiger partial charge in [-0.05, 0) is 38.3 Å². The van der Waals surface area contributed by atoms with Crippen LogP contribution in [0.3, 0.4) is 0 Å². The molecule has 0 spiro atoms. The lowest BCUT2D eigenvalue weighted by Gasteiger charge is -2.28. The van der Waals surface area contributed by atoms with Gasteiger partial charge in [0.15, 0.2) is 0 Å². The molecule has 1 aromatic carbocycles. The van der Waals surface area contributed by atoms with E-state index in [0.29, 0.717) is 17.6 Å². The summed E-state index contributed by atoms with van der Waals surface area (Å²) in [7, 11) is 0. The number of nitrogens with two attached hydrogens (primary N) is 1. The molecule has 0 saturated heterocycles. The zero-order valence-corrected chi connectivity index (χ0v) is 12.7. The number of hydrogen-bond donors (Lipinski definition) is 1. The summed E-state index contributed by atoms with van der Waals surface area (Å²) in [5, 5.41) is 0. The van der Waals surface area contributed by atoms with Crippen molar-refractivity contribution in [3.05, 3.63) is 24.3 Å². The number of benzene rings is 1. The first-order chi connectivity index (χ1) is 9.00. The third-order valence-electron chi connectivity index (χ3n) is 3.10. The summed E-state index contributed by atoms with van der Waals surface area (Å²) in [6, 6.07) is 8.25. The van der Waals surface area contributed by atoms with E-state index in [1.54, 1.807) is 0 Å². The zero-order chi connectivity index (χ0) is 14.3. The second-order valence-corrected chi connectivity index (χ2v) is 5.72. The molecule has 0 bridgehead atoms. The van der Waals surface area contributed by atoms with Crippen LogP contribution in [-0.4, -0.2) is 30.6 Å². The standard InChI is InChI=1S/C16H28N2O/c1-13(2)12-18(14(3)4)10-7-11-19-16-9-6-5-8-15(16)17/h5-6,8-9,13-14H,7,10-12,17H2,1-4H3. The highest BCUT2D eigenvalue weighted by Crippen LogP contribution is 2.19. The Bertz CT molecular complexity index is 364. The lowest BCUT2D eigenvalue weighted by Crippen LogP contribution is -2.35. The molecule has 0 amide bonds. The fraction of sp³-hybridized carbons (Fsp3) is 0.625. The quantitative estimate of drug-likeness (QED) is 0.577. The molecule has 1 aromatic rings. The largest absolute Gasteiger partial charge is 0.491 e. The van der Waals surface area contributed by atoms with E-state index in [1.807, 2.05) is 24.3 Å². The van der Waals surface area contributed by atoms with Crippen molar-refractivity contribution in [1.29, 1.82) is 0 Å². The fourth-order valence-corrected chi connectivity index (χ4v) is 2.09. The molecule has 3 nitrogen and oxygen atoms in total. The van der Waals surface area contributed by atoms with Gasteiger partial charge < -0.3 is 15.4 Å². The molecule has 19 heavy (non-hydrogen) atoms. The van der Waals surface area contributed by atoms with Gasteiger partial charge >= 0.3 is 0 Å². The molecule has 0 aliphatic rings. The van der Waals surface area contributed by atoms with Crippen LogP contribution in [-0.2, 0) is 0 Å². The molecular formula is C16H28N2O. The van der Waals surface area contributed by atoms with Gasteiger partial charge in [0.1, 0.15) is 5.75 Å². The van der Waals surface area contributed by atoms with Crippen molar-refractivity contribution >= 4 is 5.69 Å². The second kappa shape index (κ2) is 8.05. The summed E-state index contributed by atoms with van der Waals surface area (Å²) in [5.74, 6) is 1.50. The SMILES string of the molecule is CC(C)CN(CCCOc1ccccc1N)C(C)C. The van der Waals surface area contributed by atoms with Crippen LogP contribution in [0.15, 0.2) is 24.3 Å². The van der Waals surface area contributed by atoms with Crippen molar-refractivity contribution in [2.24, 2.45) is 5.92 Å². The summed E-state index contributed by atoms with van der Waals surface area (Å²) in [6.07, 6.45) is 1.03. The van der Waals surface area contributed by atoms with E-state index < -0.39 is 0 Å². The van der Waals surface area contributed by atoms with Crippen LogP contribution in [0.2, 0.25) is 0 Å². The lowest BCUT2D eigenvalue weighted by molar-refractivity contribution is 0.180. The number of nitrogens with zero attached hydrogens (tertiary/aromatic N) is 1. The van der Waals surface area contributed by atoms with E-state index in [2.05, 4.69) is 32.6 Å². The molecule has 0 unspecified atom stereocenters. The van der Waals surface area contributed by atoms with Crippen molar-refractivity contribution in [3.8, 4) is 5.75 Å². The van der Waals surface area contributed by atoms with Crippen molar-refractivity contribution in [2.75, 3.05) is 25.4 Å². The van der Waals surface area contributed by atoms with Gasteiger partial charge in [-0.15, -0.1) is 0 Å². The Balaban J connectivity index is 2.31. The maximum atomic E-state index is 5.84. The van der Waals surface area contributed by atoms with Crippen molar-refractivity contribution < 1.29 is 4.74 Å². The predicted octanol–water partition coefficient (Wildman–Crippen LogP) is 3.40. The van der Waals surface area contributed by atoms with E-state index in [4.69, 9.17) is 10.5 Å². The number of rotatable bonds is 8. The van der Waals surface area contributed by atoms with Gasteiger partial charge in [0.05, 0.1) is 12.3 Å². The predicted molar refractivity (Wildman–Crippen MR) is 82.5 cm³/mol. The third kappa shape index (κ3) is 5.97. The minimum atomic E-state index is 0.587. The maximum absolute atomic E-state index is 5.84. The molecule has 0 aliphatic carbocycles. The van der Waals surface area contributed by atoms with Gasteiger partial charge in [-0.3, -0.25) is 0 Å². The van der Waals surface area contributed by atoms with Crippen molar-refractivity contribution in [1.82, 2.24) is 4.90 Å². The zero-order valence-electron chi connectivity index (χ0n) is 12.7. The monoisotopic (exact) mass is 264 g/mol. The number of para-hydroxylation sites is 2. The average molecular weight is 264 g/mol. The topological polar surface area (TPSA) is 38.5 Å². The summed E-state index contributed by atoms with van der Waals surface area (Å²) in [6.45, 7) is 12.0. The lowest BCUT2D eigenvalue weighted by atomic mass is 10.1. The van der Waals surface area contributed by atoms with Gasteiger partial charge in [-0.2, -0.15) is 0 Å². The Labute approximate surface area is 117 Å². The van der Waals surface area contributed by atoms with Gasteiger partial charge in [0, 0.05) is 19.1 Å². The summed E-state index contributed by atoms with van der Waals surface area (Å²) in [5.41, 5.74) is 6.55. The number of anilines is 1. The van der Waals surface area contributed by atoms with Crippen LogP contribution in [0.1, 0.15) is 34.1 Å². The van der Waals surface area contributed by atoms with E-state index in [9.17, 15) is 0 Å². The molecule has 0 aliphatic heterocycles. The summed E-state index contributed by atoms with van der Waals surface area (Å²) >= 11 is 0. The van der Waals surface area contributed by atoms with Crippen LogP contribution < -0.4 is 10.5 Å². The van der Waals surface area contributed by atoms with Crippen molar-refractivity contribution in [2.45, 2.75) is 40.2 Å². The Morgan fingerprint density at radius 1 is 1.16 bits per heavy atom. The molecule has 0 saturated carbocycles. The van der Waals surface area contributed by atoms with Gasteiger partial charge in [-0.1, -0.05) is 26.0 Å². The Morgan fingerprint density at radius 3 is 2.42 bits per heavy atom. The second-order valence-electron chi connectivity index (χ2n) is 5.72. The van der Waals surface area contributed by atoms with E-state index in [-0.39, 0.29) is 0 Å². The molecule has 0 aromatic heterocycles. The smallest absolute Gasteiger partial charge is 0.142 e. The van der Waals surface area contributed by atoms with Crippen LogP contribution in [0, 0.1) is 5.92 Å². The summed E-state index contributed by atoms with van der Waals surface area (Å²) in [4.78, 5) is 2.50. The molecule has 0 radical (unpaired) electrons. The van der Waals surface area contributed by atoms with Gasteiger partial charge in [0.25, 0.3) is 0 Å². The molecule has 0 heterocycles. The fourth-order valence-electron chi connectivity index (χ4n) is 2.09. The Kier molecular flexibility index (Phi) is 6.71. The minimum absolute atomic E-state index is 0.587. The molecule has 0 atom stereocenters. The molecule has 108 valence electrons. The highest BCUT2D eigenvalue weighted by molar-refractivity contribution is 5.51. The number of ether oxygens (including phenoxy) is 1. The first kappa shape index (κ1) is 15.8. The number of hydrogen-bond acceptors (Lipinski definition) is 3. The van der Waals surface area contributed by atoms with Crippen molar-refractivity contribution in [3.63, 3.8) is 0 Å². The van der Waals surface area contributed by atoms with Crippen LogP contribution in [0.4, 0.5) is 5.69 Å². The van der Waals surface area contributed by atoms with E-state index in [0.717, 1.165) is 31.9 Å². The first-order valence-corrected chi connectivity index (χ1v) is 7.22. The van der Waals surface area contributed by atoms with Gasteiger partial charge in [0.2, 0.25) is 0 Å². The van der Waals surface area contributed by atoms with Crippen LogP contribution >= 0.6 is 0 Å². The molecular weight excluding hydrogens is 236 g/mol. The average Bonchev–Trinajstić information content (AvgIpc) is 2.34. The molecule has 3 heteroatoms. The molecule has 1 rings (SSSR count). The molecule has 2 N–H and O–H groups in total. The molecule has 0 fully saturated rings. The number of nitrogen functional groups attached to an aromatic ring is 1. The third-order valence-corrected chi connectivity index (χ3v) is 3.10. The van der Waals surface area contributed by atoms with Crippen LogP contribution in [0.5, 0.6) is 5.75 Å². The van der Waals surface area contributed by atoms with E-state index in [1.165, 1.54) is 0 Å². The minimum Gasteiger partial charge on any atom is -0.491 e. The Hall–Kier alpha value is -1.22. The highest BCUT2D eigenvalue weighted by Gasteiger charge is 2.10. The van der Waals surface area contributed by atoms with E-state index >= 15 is 0 Å². The maximum Gasteiger partial charge on any atom is 0.142 e. The summed E-state index contributed by atoms with van der Waals surface area (Å²) < 4.78 is 5.72. The Morgan fingerprint density at radius 2 is 1.84 bits per heavy atom. The van der Waals surface area contributed by atoms with Gasteiger partial charge in [-0.25, -0.2) is 0 Å². The van der Waals surface area contributed by atoms with Crippen LogP contribution in [0.25, 0.3) is 0 Å². The first-order valence-electron chi connectivity index (χ1n) is 7.22. The normalized spacial score (nSPS) is 11.5.